The van der Waals surface area contributed by atoms with Gasteiger partial charge < -0.3 is 26.7 Å². The maximum absolute atomic E-state index is 9.75. The number of rotatable bonds is 4. The van der Waals surface area contributed by atoms with Gasteiger partial charge in [-0.1, -0.05) is 18.2 Å². The molecule has 130 valence electrons. The summed E-state index contributed by atoms with van der Waals surface area (Å²) in [6, 6.07) is 10.00. The van der Waals surface area contributed by atoms with E-state index in [2.05, 4.69) is 24.3 Å². The first kappa shape index (κ1) is 19.5. The Labute approximate surface area is 138 Å². The Balaban J connectivity index is 0.000000505. The van der Waals surface area contributed by atoms with Gasteiger partial charge in [-0.15, -0.1) is 0 Å². The first-order chi connectivity index (χ1) is 11.2. The standard InChI is InChI=1S/C16H18NO2.BF4/c1-17-10-8-13(9-11-17)4-5-14-6-7-15(18-2)16(12-14)19-3;2-1(3,4)5/h4-12H,1-3H3;/q+1;-1/b5-4+;. The van der Waals surface area contributed by atoms with E-state index >= 15 is 0 Å². The van der Waals surface area contributed by atoms with Crippen LogP contribution in [0.1, 0.15) is 11.1 Å². The van der Waals surface area contributed by atoms with Gasteiger partial charge in [0.1, 0.15) is 7.05 Å². The number of hydrogen-bond acceptors (Lipinski definition) is 2. The van der Waals surface area contributed by atoms with Gasteiger partial charge in [0, 0.05) is 12.1 Å². The van der Waals surface area contributed by atoms with E-state index in [4.69, 9.17) is 9.47 Å². The van der Waals surface area contributed by atoms with Crippen molar-refractivity contribution in [2.75, 3.05) is 14.2 Å². The smallest absolute Gasteiger partial charge is 0.493 e. The van der Waals surface area contributed by atoms with Crippen LogP contribution in [0.15, 0.2) is 42.7 Å². The number of methoxy groups -OCH3 is 2. The zero-order valence-corrected chi connectivity index (χ0v) is 13.5. The molecular weight excluding hydrogens is 325 g/mol. The highest BCUT2D eigenvalue weighted by Gasteiger charge is 2.20. The number of pyridine rings is 1. The number of nitrogens with zero attached hydrogens (tertiary/aromatic N) is 1. The van der Waals surface area contributed by atoms with Gasteiger partial charge in [-0.2, -0.15) is 0 Å². The number of aryl methyl sites for hydroxylation is 1. The van der Waals surface area contributed by atoms with Gasteiger partial charge in [-0.3, -0.25) is 0 Å². The van der Waals surface area contributed by atoms with Crippen LogP contribution in [0.4, 0.5) is 17.3 Å². The van der Waals surface area contributed by atoms with Crippen molar-refractivity contribution in [2.24, 2.45) is 7.05 Å². The fraction of sp³-hybridized carbons (Fsp3) is 0.188. The summed E-state index contributed by atoms with van der Waals surface area (Å²) in [4.78, 5) is 0. The Hall–Kier alpha value is -2.51. The summed E-state index contributed by atoms with van der Waals surface area (Å²) in [7, 11) is -0.721. The second-order valence-electron chi connectivity index (χ2n) is 4.74. The molecule has 0 atom stereocenters. The van der Waals surface area contributed by atoms with Gasteiger partial charge in [-0.25, -0.2) is 4.57 Å². The number of hydrogen-bond donors (Lipinski definition) is 0. The van der Waals surface area contributed by atoms with Crippen LogP contribution in [0.3, 0.4) is 0 Å². The Morgan fingerprint density at radius 3 is 1.83 bits per heavy atom. The molecule has 0 radical (unpaired) electrons. The number of benzene rings is 1. The maximum atomic E-state index is 9.75. The van der Waals surface area contributed by atoms with E-state index in [-0.39, 0.29) is 0 Å². The molecule has 2 rings (SSSR count). The lowest BCUT2D eigenvalue weighted by Crippen LogP contribution is -2.25. The van der Waals surface area contributed by atoms with Crippen molar-refractivity contribution in [3.05, 3.63) is 53.9 Å². The zero-order chi connectivity index (χ0) is 18.2. The maximum Gasteiger partial charge on any atom is 0.673 e. The Kier molecular flexibility index (Phi) is 7.29. The van der Waals surface area contributed by atoms with Crippen LogP contribution in [0.2, 0.25) is 0 Å². The average Bonchev–Trinajstić information content (AvgIpc) is 2.52. The molecule has 0 bridgehead atoms. The van der Waals surface area contributed by atoms with Gasteiger partial charge >= 0.3 is 7.25 Å². The highest BCUT2D eigenvalue weighted by molar-refractivity contribution is 6.50. The van der Waals surface area contributed by atoms with Crippen LogP contribution in [-0.2, 0) is 7.05 Å². The van der Waals surface area contributed by atoms with Crippen LogP contribution >= 0.6 is 0 Å². The first-order valence-corrected chi connectivity index (χ1v) is 6.95. The second kappa shape index (κ2) is 8.95. The van der Waals surface area contributed by atoms with Crippen LogP contribution in [0, 0.1) is 0 Å². The van der Waals surface area contributed by atoms with Gasteiger partial charge in [0.15, 0.2) is 23.9 Å². The fourth-order valence-corrected chi connectivity index (χ4v) is 1.77. The lowest BCUT2D eigenvalue weighted by Gasteiger charge is -2.07. The number of halogens is 4. The molecule has 1 aromatic heterocycles. The third kappa shape index (κ3) is 7.67. The summed E-state index contributed by atoms with van der Waals surface area (Å²) in [5.74, 6) is 1.48. The fourth-order valence-electron chi connectivity index (χ4n) is 1.77. The lowest BCUT2D eigenvalue weighted by molar-refractivity contribution is -0.671. The molecule has 0 N–H and O–H groups in total. The Morgan fingerprint density at radius 2 is 1.33 bits per heavy atom. The molecule has 8 heteroatoms. The van der Waals surface area contributed by atoms with Gasteiger partial charge in [0.05, 0.1) is 14.2 Å². The van der Waals surface area contributed by atoms with E-state index in [9.17, 15) is 17.3 Å². The van der Waals surface area contributed by atoms with Gasteiger partial charge in [-0.05, 0) is 23.3 Å². The van der Waals surface area contributed by atoms with Crippen LogP contribution in [0.5, 0.6) is 11.5 Å². The largest absolute Gasteiger partial charge is 0.673 e. The number of ether oxygens (including phenoxy) is 2. The van der Waals surface area contributed by atoms with Crippen molar-refractivity contribution in [3.63, 3.8) is 0 Å². The van der Waals surface area contributed by atoms with Crippen molar-refractivity contribution in [2.45, 2.75) is 0 Å². The second-order valence-corrected chi connectivity index (χ2v) is 4.74. The summed E-state index contributed by atoms with van der Waals surface area (Å²) < 4.78 is 51.5. The normalized spacial score (nSPS) is 11.0. The van der Waals surface area contributed by atoms with E-state index in [1.165, 1.54) is 0 Å². The minimum atomic E-state index is -6.00. The topological polar surface area (TPSA) is 22.3 Å². The summed E-state index contributed by atoms with van der Waals surface area (Å²) >= 11 is 0. The molecule has 1 heterocycles. The molecular formula is C16H18BF4NO2. The predicted molar refractivity (Wildman–Crippen MR) is 86.3 cm³/mol. The molecule has 1 aromatic carbocycles. The molecule has 0 aliphatic heterocycles. The van der Waals surface area contributed by atoms with E-state index in [1.807, 2.05) is 42.2 Å². The quantitative estimate of drug-likeness (QED) is 0.476. The Bertz CT molecular complexity index is 667. The SMILES string of the molecule is COc1ccc(/C=C/c2cc[n+](C)cc2)cc1OC.F[B-](F)(F)F. The van der Waals surface area contributed by atoms with Crippen molar-refractivity contribution in [1.82, 2.24) is 0 Å². The zero-order valence-electron chi connectivity index (χ0n) is 13.5. The summed E-state index contributed by atoms with van der Waals surface area (Å²) in [5, 5.41) is 0. The van der Waals surface area contributed by atoms with E-state index in [0.29, 0.717) is 0 Å². The summed E-state index contributed by atoms with van der Waals surface area (Å²) in [5.41, 5.74) is 2.23. The van der Waals surface area contributed by atoms with Gasteiger partial charge in [0.2, 0.25) is 0 Å². The molecule has 0 fully saturated rings. The lowest BCUT2D eigenvalue weighted by atomic mass is 10.1. The van der Waals surface area contributed by atoms with Crippen molar-refractivity contribution in [3.8, 4) is 11.5 Å². The Morgan fingerprint density at radius 1 is 0.833 bits per heavy atom. The third-order valence-corrected chi connectivity index (χ3v) is 2.88. The molecule has 24 heavy (non-hydrogen) atoms. The van der Waals surface area contributed by atoms with E-state index < -0.39 is 7.25 Å². The molecule has 0 saturated heterocycles. The molecule has 0 saturated carbocycles. The van der Waals surface area contributed by atoms with Gasteiger partial charge in [0.25, 0.3) is 0 Å². The molecule has 2 aromatic rings. The summed E-state index contributed by atoms with van der Waals surface area (Å²) in [6.07, 6.45) is 8.17. The van der Waals surface area contributed by atoms with Crippen LogP contribution in [-0.4, -0.2) is 21.5 Å². The first-order valence-electron chi connectivity index (χ1n) is 6.95. The molecule has 0 spiro atoms. The highest BCUT2D eigenvalue weighted by Crippen LogP contribution is 2.28. The monoisotopic (exact) mass is 343 g/mol. The van der Waals surface area contributed by atoms with Crippen LogP contribution < -0.4 is 14.0 Å². The number of aromatic nitrogens is 1. The average molecular weight is 343 g/mol. The molecule has 0 aliphatic carbocycles. The van der Waals surface area contributed by atoms with Crippen molar-refractivity contribution < 1.29 is 31.3 Å². The molecule has 0 unspecified atom stereocenters. The minimum Gasteiger partial charge on any atom is -0.493 e. The van der Waals surface area contributed by atoms with E-state index in [0.717, 1.165) is 22.6 Å². The molecule has 3 nitrogen and oxygen atoms in total. The molecule has 0 aliphatic rings. The van der Waals surface area contributed by atoms with Crippen molar-refractivity contribution in [1.29, 1.82) is 0 Å². The van der Waals surface area contributed by atoms with Crippen LogP contribution in [0.25, 0.3) is 12.2 Å². The summed E-state index contributed by atoms with van der Waals surface area (Å²) in [6.45, 7) is 0. The third-order valence-electron chi connectivity index (χ3n) is 2.88. The minimum absolute atomic E-state index is 0.740. The predicted octanol–water partition coefficient (Wildman–Crippen LogP) is 4.00. The highest BCUT2D eigenvalue weighted by atomic mass is 19.5. The van der Waals surface area contributed by atoms with E-state index in [1.54, 1.807) is 14.2 Å². The van der Waals surface area contributed by atoms with Crippen molar-refractivity contribution >= 4 is 19.4 Å². The molecule has 0 amide bonds.